The molecule has 1 aromatic heterocycles. The van der Waals surface area contributed by atoms with E-state index in [1.165, 1.54) is 11.1 Å². The van der Waals surface area contributed by atoms with Crippen molar-refractivity contribution in [1.82, 2.24) is 19.9 Å². The Kier molecular flexibility index (Phi) is 4.81. The van der Waals surface area contributed by atoms with Gasteiger partial charge in [-0.3, -0.25) is 0 Å². The number of benzene rings is 1. The molecule has 138 valence electrons. The standard InChI is InChI=1S/C21H28N4O/c1-15-21(25(3)23-22-15)19-7-5-4-6-18(19)20(16-9-12-26-13-10-16)17-8-11-24(2)14-17/h4-8,11,16-17,20H,9-10,12-14H2,1-3H3. The van der Waals surface area contributed by atoms with E-state index < -0.39 is 0 Å². The Morgan fingerprint density at radius 3 is 2.58 bits per heavy atom. The second-order valence-electron chi connectivity index (χ2n) is 7.65. The van der Waals surface area contributed by atoms with Gasteiger partial charge in [-0.15, -0.1) is 5.10 Å². The van der Waals surface area contributed by atoms with Crippen LogP contribution in [0.15, 0.2) is 36.5 Å². The normalized spacial score (nSPS) is 22.1. The number of ether oxygens (including phenoxy) is 1. The summed E-state index contributed by atoms with van der Waals surface area (Å²) in [5.74, 6) is 1.67. The van der Waals surface area contributed by atoms with E-state index in [0.717, 1.165) is 44.0 Å². The summed E-state index contributed by atoms with van der Waals surface area (Å²) in [6, 6.07) is 8.85. The van der Waals surface area contributed by atoms with Crippen LogP contribution in [0.1, 0.15) is 30.0 Å². The van der Waals surface area contributed by atoms with E-state index in [4.69, 9.17) is 4.74 Å². The van der Waals surface area contributed by atoms with E-state index in [1.807, 2.05) is 18.7 Å². The molecule has 0 radical (unpaired) electrons. The molecule has 26 heavy (non-hydrogen) atoms. The van der Waals surface area contributed by atoms with E-state index in [9.17, 15) is 0 Å². The molecule has 1 fully saturated rings. The van der Waals surface area contributed by atoms with Gasteiger partial charge in [0.05, 0.1) is 11.4 Å². The smallest absolute Gasteiger partial charge is 0.0914 e. The summed E-state index contributed by atoms with van der Waals surface area (Å²) in [5, 5.41) is 8.53. The number of hydrogen-bond donors (Lipinski definition) is 0. The van der Waals surface area contributed by atoms with Crippen molar-refractivity contribution in [2.45, 2.75) is 25.7 Å². The quantitative estimate of drug-likeness (QED) is 0.846. The first-order chi connectivity index (χ1) is 12.6. The van der Waals surface area contributed by atoms with Crippen molar-refractivity contribution in [3.63, 3.8) is 0 Å². The topological polar surface area (TPSA) is 43.2 Å². The van der Waals surface area contributed by atoms with Crippen LogP contribution < -0.4 is 0 Å². The summed E-state index contributed by atoms with van der Waals surface area (Å²) >= 11 is 0. The molecule has 2 aromatic rings. The first kappa shape index (κ1) is 17.3. The summed E-state index contributed by atoms with van der Waals surface area (Å²) in [6.07, 6.45) is 6.90. The summed E-state index contributed by atoms with van der Waals surface area (Å²) < 4.78 is 7.57. The van der Waals surface area contributed by atoms with Crippen LogP contribution in [0.4, 0.5) is 0 Å². The molecule has 1 saturated heterocycles. The van der Waals surface area contributed by atoms with Crippen LogP contribution in [0, 0.1) is 18.8 Å². The molecule has 5 heteroatoms. The molecular formula is C21H28N4O. The highest BCUT2D eigenvalue weighted by Crippen LogP contribution is 2.44. The highest BCUT2D eigenvalue weighted by molar-refractivity contribution is 5.67. The molecule has 3 heterocycles. The maximum absolute atomic E-state index is 5.66. The van der Waals surface area contributed by atoms with Gasteiger partial charge in [-0.05, 0) is 43.4 Å². The molecule has 2 aliphatic rings. The Labute approximate surface area is 155 Å². The van der Waals surface area contributed by atoms with Gasteiger partial charge in [-0.1, -0.05) is 35.6 Å². The molecule has 4 rings (SSSR count). The largest absolute Gasteiger partial charge is 0.381 e. The molecule has 2 atom stereocenters. The Bertz CT molecular complexity index is 772. The third-order valence-corrected chi connectivity index (χ3v) is 5.89. The molecule has 0 aliphatic carbocycles. The first-order valence-electron chi connectivity index (χ1n) is 9.57. The lowest BCUT2D eigenvalue weighted by molar-refractivity contribution is 0.0525. The SMILES string of the molecule is Cc1nnn(C)c1-c1ccccc1C(C1C=CN(C)C1)C1CCOCC1. The van der Waals surface area contributed by atoms with Gasteiger partial charge in [-0.2, -0.15) is 0 Å². The van der Waals surface area contributed by atoms with Crippen LogP contribution in [-0.4, -0.2) is 46.7 Å². The van der Waals surface area contributed by atoms with Crippen LogP contribution in [0.2, 0.25) is 0 Å². The summed E-state index contributed by atoms with van der Waals surface area (Å²) in [6.45, 7) is 4.88. The Morgan fingerprint density at radius 1 is 1.15 bits per heavy atom. The third-order valence-electron chi connectivity index (χ3n) is 5.89. The zero-order valence-electron chi connectivity index (χ0n) is 15.9. The van der Waals surface area contributed by atoms with Crippen molar-refractivity contribution < 1.29 is 4.74 Å². The van der Waals surface area contributed by atoms with E-state index in [1.54, 1.807) is 0 Å². The van der Waals surface area contributed by atoms with Crippen LogP contribution in [0.5, 0.6) is 0 Å². The fourth-order valence-corrected chi connectivity index (χ4v) is 4.69. The molecule has 0 bridgehead atoms. The highest BCUT2D eigenvalue weighted by atomic mass is 16.5. The molecule has 0 N–H and O–H groups in total. The van der Waals surface area contributed by atoms with Crippen molar-refractivity contribution in [3.05, 3.63) is 47.8 Å². The first-order valence-corrected chi connectivity index (χ1v) is 9.57. The summed E-state index contributed by atoms with van der Waals surface area (Å²) in [5.41, 5.74) is 4.83. The molecule has 0 amide bonds. The molecular weight excluding hydrogens is 324 g/mol. The zero-order valence-corrected chi connectivity index (χ0v) is 15.9. The minimum atomic E-state index is 0.491. The zero-order chi connectivity index (χ0) is 18.1. The van der Waals surface area contributed by atoms with Crippen molar-refractivity contribution >= 4 is 0 Å². The molecule has 2 unspecified atom stereocenters. The lowest BCUT2D eigenvalue weighted by Crippen LogP contribution is -2.29. The van der Waals surface area contributed by atoms with Gasteiger partial charge in [-0.25, -0.2) is 4.68 Å². The maximum Gasteiger partial charge on any atom is 0.0914 e. The molecule has 0 saturated carbocycles. The van der Waals surface area contributed by atoms with E-state index >= 15 is 0 Å². The minimum Gasteiger partial charge on any atom is -0.381 e. The van der Waals surface area contributed by atoms with Gasteiger partial charge >= 0.3 is 0 Å². The number of nitrogens with zero attached hydrogens (tertiary/aromatic N) is 4. The number of aryl methyl sites for hydroxylation is 2. The molecule has 0 spiro atoms. The van der Waals surface area contributed by atoms with Crippen molar-refractivity contribution in [2.24, 2.45) is 18.9 Å². The number of rotatable bonds is 4. The van der Waals surface area contributed by atoms with E-state index in [0.29, 0.717) is 17.8 Å². The second-order valence-corrected chi connectivity index (χ2v) is 7.65. The minimum absolute atomic E-state index is 0.491. The number of aromatic nitrogens is 3. The average molecular weight is 352 g/mol. The maximum atomic E-state index is 5.66. The number of hydrogen-bond acceptors (Lipinski definition) is 4. The fraction of sp³-hybridized carbons (Fsp3) is 0.524. The molecule has 5 nitrogen and oxygen atoms in total. The lowest BCUT2D eigenvalue weighted by atomic mass is 9.72. The van der Waals surface area contributed by atoms with Gasteiger partial charge < -0.3 is 9.64 Å². The van der Waals surface area contributed by atoms with E-state index in [-0.39, 0.29) is 0 Å². The van der Waals surface area contributed by atoms with Crippen LogP contribution >= 0.6 is 0 Å². The summed E-state index contributed by atoms with van der Waals surface area (Å²) in [7, 11) is 4.15. The predicted molar refractivity (Wildman–Crippen MR) is 103 cm³/mol. The lowest BCUT2D eigenvalue weighted by Gasteiger charge is -2.35. The summed E-state index contributed by atoms with van der Waals surface area (Å²) in [4.78, 5) is 2.30. The second kappa shape index (κ2) is 7.23. The predicted octanol–water partition coefficient (Wildman–Crippen LogP) is 3.38. The molecule has 2 aliphatic heterocycles. The Balaban J connectivity index is 1.80. The average Bonchev–Trinajstić information content (AvgIpc) is 3.22. The van der Waals surface area contributed by atoms with Crippen LogP contribution in [-0.2, 0) is 11.8 Å². The van der Waals surface area contributed by atoms with Crippen LogP contribution in [0.25, 0.3) is 11.3 Å². The van der Waals surface area contributed by atoms with Gasteiger partial charge in [0.25, 0.3) is 0 Å². The fourth-order valence-electron chi connectivity index (χ4n) is 4.69. The Morgan fingerprint density at radius 2 is 1.92 bits per heavy atom. The third kappa shape index (κ3) is 3.16. The Hall–Kier alpha value is -2.14. The van der Waals surface area contributed by atoms with Crippen molar-refractivity contribution in [1.29, 1.82) is 0 Å². The van der Waals surface area contributed by atoms with Crippen molar-refractivity contribution in [3.8, 4) is 11.3 Å². The highest BCUT2D eigenvalue weighted by Gasteiger charge is 2.35. The molecule has 1 aromatic carbocycles. The van der Waals surface area contributed by atoms with Gasteiger partial charge in [0.1, 0.15) is 0 Å². The van der Waals surface area contributed by atoms with Gasteiger partial charge in [0, 0.05) is 45.3 Å². The van der Waals surface area contributed by atoms with Gasteiger partial charge in [0.15, 0.2) is 0 Å². The van der Waals surface area contributed by atoms with Crippen LogP contribution in [0.3, 0.4) is 0 Å². The monoisotopic (exact) mass is 352 g/mol. The van der Waals surface area contributed by atoms with Crippen molar-refractivity contribution in [2.75, 3.05) is 26.8 Å². The van der Waals surface area contributed by atoms with E-state index in [2.05, 4.69) is 58.8 Å². The van der Waals surface area contributed by atoms with Gasteiger partial charge in [0.2, 0.25) is 0 Å².